The van der Waals surface area contributed by atoms with Crippen LogP contribution in [0.3, 0.4) is 0 Å². The van der Waals surface area contributed by atoms with E-state index in [1.54, 1.807) is 0 Å². The summed E-state index contributed by atoms with van der Waals surface area (Å²) in [6.07, 6.45) is 33.5. The van der Waals surface area contributed by atoms with Crippen molar-refractivity contribution in [3.8, 4) is 11.5 Å². The minimum absolute atomic E-state index is 0.278. The molecule has 38 heavy (non-hydrogen) atoms. The lowest BCUT2D eigenvalue weighted by Gasteiger charge is -2.17. The van der Waals surface area contributed by atoms with Crippen LogP contribution < -0.4 is 9.47 Å². The minimum Gasteiger partial charge on any atom is -0.491 e. The third-order valence-electron chi connectivity index (χ3n) is 7.93. The topological polar surface area (TPSA) is 18.5 Å². The van der Waals surface area contributed by atoms with Crippen molar-refractivity contribution in [2.75, 3.05) is 0 Å². The van der Waals surface area contributed by atoms with E-state index in [-0.39, 0.29) is 12.2 Å². The van der Waals surface area contributed by atoms with E-state index in [4.69, 9.17) is 9.47 Å². The molecule has 0 fully saturated rings. The largest absolute Gasteiger partial charge is 0.491 e. The molecule has 0 aromatic heterocycles. The van der Waals surface area contributed by atoms with E-state index in [0.29, 0.717) is 0 Å². The Bertz CT molecular complexity index is 543. The molecule has 0 radical (unpaired) electrons. The Balaban J connectivity index is 2.00. The van der Waals surface area contributed by atoms with Gasteiger partial charge in [-0.2, -0.15) is 0 Å². The summed E-state index contributed by atoms with van der Waals surface area (Å²) in [5, 5.41) is 0. The summed E-state index contributed by atoms with van der Waals surface area (Å²) in [7, 11) is 0. The molecule has 2 atom stereocenters. The average molecular weight is 531 g/mol. The summed E-state index contributed by atoms with van der Waals surface area (Å²) in [4.78, 5) is 0. The normalized spacial score (nSPS) is 12.9. The molecule has 0 spiro atoms. The molecule has 0 aliphatic carbocycles. The zero-order valence-electron chi connectivity index (χ0n) is 26.3. The molecule has 0 saturated carbocycles. The fourth-order valence-electron chi connectivity index (χ4n) is 5.37. The second-order valence-electron chi connectivity index (χ2n) is 12.0. The Morgan fingerprint density at radius 1 is 0.395 bits per heavy atom. The molecular weight excluding hydrogens is 464 g/mol. The van der Waals surface area contributed by atoms with Gasteiger partial charge in [0.05, 0.1) is 12.2 Å². The molecule has 222 valence electrons. The lowest BCUT2D eigenvalue weighted by atomic mass is 10.0. The Morgan fingerprint density at radius 2 is 0.632 bits per heavy atom. The highest BCUT2D eigenvalue weighted by molar-refractivity contribution is 5.31. The zero-order chi connectivity index (χ0) is 27.5. The van der Waals surface area contributed by atoms with Crippen molar-refractivity contribution in [1.82, 2.24) is 0 Å². The molecule has 1 aromatic carbocycles. The van der Waals surface area contributed by atoms with E-state index in [1.165, 1.54) is 141 Å². The Labute approximate surface area is 239 Å². The highest BCUT2D eigenvalue weighted by Crippen LogP contribution is 2.22. The van der Waals surface area contributed by atoms with Gasteiger partial charge < -0.3 is 9.47 Å². The van der Waals surface area contributed by atoms with Gasteiger partial charge in [0.15, 0.2) is 0 Å². The van der Waals surface area contributed by atoms with Gasteiger partial charge in [-0.3, -0.25) is 0 Å². The Kier molecular flexibility index (Phi) is 23.9. The highest BCUT2D eigenvalue weighted by Gasteiger charge is 2.07. The van der Waals surface area contributed by atoms with Gasteiger partial charge in [0.25, 0.3) is 0 Å². The number of unbranched alkanes of at least 4 members (excludes halogenated alkanes) is 20. The van der Waals surface area contributed by atoms with Crippen LogP contribution in [0.25, 0.3) is 0 Å². The van der Waals surface area contributed by atoms with Crippen LogP contribution in [-0.2, 0) is 0 Å². The molecule has 2 nitrogen and oxygen atoms in total. The van der Waals surface area contributed by atoms with Crippen LogP contribution in [0, 0.1) is 0 Å². The third-order valence-corrected chi connectivity index (χ3v) is 7.93. The first kappa shape index (κ1) is 34.8. The molecule has 0 N–H and O–H groups in total. The SMILES string of the molecule is CCCCCCCCCCCCCC(C)Oc1ccc(OC(C)CCCCCCCCCCCCC)cc1. The van der Waals surface area contributed by atoms with Crippen molar-refractivity contribution in [1.29, 1.82) is 0 Å². The number of ether oxygens (including phenoxy) is 2. The van der Waals surface area contributed by atoms with E-state index >= 15 is 0 Å². The van der Waals surface area contributed by atoms with Crippen molar-refractivity contribution in [2.45, 2.75) is 194 Å². The van der Waals surface area contributed by atoms with Crippen molar-refractivity contribution >= 4 is 0 Å². The molecule has 0 saturated heterocycles. The number of rotatable bonds is 28. The van der Waals surface area contributed by atoms with Crippen LogP contribution in [0.5, 0.6) is 11.5 Å². The smallest absolute Gasteiger partial charge is 0.119 e. The van der Waals surface area contributed by atoms with Crippen molar-refractivity contribution < 1.29 is 9.47 Å². The van der Waals surface area contributed by atoms with E-state index < -0.39 is 0 Å². The van der Waals surface area contributed by atoms with Crippen LogP contribution in [-0.4, -0.2) is 12.2 Å². The number of hydrogen-bond acceptors (Lipinski definition) is 2. The first-order valence-corrected chi connectivity index (χ1v) is 17.1. The van der Waals surface area contributed by atoms with Gasteiger partial charge in [-0.05, 0) is 63.8 Å². The summed E-state index contributed by atoms with van der Waals surface area (Å²) in [5.41, 5.74) is 0. The predicted molar refractivity (Wildman–Crippen MR) is 169 cm³/mol. The molecule has 0 amide bonds. The number of hydrogen-bond donors (Lipinski definition) is 0. The van der Waals surface area contributed by atoms with Gasteiger partial charge in [0.1, 0.15) is 11.5 Å². The molecule has 2 unspecified atom stereocenters. The van der Waals surface area contributed by atoms with Gasteiger partial charge in [-0.1, -0.05) is 142 Å². The fraction of sp³-hybridized carbons (Fsp3) is 0.833. The van der Waals surface area contributed by atoms with Gasteiger partial charge in [-0.15, -0.1) is 0 Å². The van der Waals surface area contributed by atoms with Gasteiger partial charge in [-0.25, -0.2) is 0 Å². The quantitative estimate of drug-likeness (QED) is 0.100. The fourth-order valence-corrected chi connectivity index (χ4v) is 5.37. The standard InChI is InChI=1S/C36H66O2/c1-5-7-9-11-13-15-17-19-21-23-25-27-33(3)37-35-29-31-36(32-30-35)38-34(4)28-26-24-22-20-18-16-14-12-10-8-6-2/h29-34H,5-28H2,1-4H3. The summed E-state index contributed by atoms with van der Waals surface area (Å²) in [5.74, 6) is 1.93. The van der Waals surface area contributed by atoms with Crippen LogP contribution in [0.1, 0.15) is 182 Å². The van der Waals surface area contributed by atoms with Gasteiger partial charge >= 0.3 is 0 Å². The molecule has 0 aliphatic rings. The molecule has 1 rings (SSSR count). The maximum absolute atomic E-state index is 6.15. The van der Waals surface area contributed by atoms with Crippen LogP contribution in [0.2, 0.25) is 0 Å². The predicted octanol–water partition coefficient (Wildman–Crippen LogP) is 12.6. The molecule has 1 aromatic rings. The van der Waals surface area contributed by atoms with Crippen LogP contribution in [0.4, 0.5) is 0 Å². The molecular formula is C36H66O2. The highest BCUT2D eigenvalue weighted by atomic mass is 16.5. The number of benzene rings is 1. The third kappa shape index (κ3) is 21.7. The molecule has 0 heterocycles. The lowest BCUT2D eigenvalue weighted by Crippen LogP contribution is -2.12. The van der Waals surface area contributed by atoms with E-state index in [0.717, 1.165) is 24.3 Å². The van der Waals surface area contributed by atoms with Gasteiger partial charge in [0, 0.05) is 0 Å². The molecule has 0 aliphatic heterocycles. The van der Waals surface area contributed by atoms with Crippen LogP contribution in [0.15, 0.2) is 24.3 Å². The first-order chi connectivity index (χ1) is 18.7. The summed E-state index contributed by atoms with van der Waals surface area (Å²) < 4.78 is 12.3. The first-order valence-electron chi connectivity index (χ1n) is 17.1. The maximum Gasteiger partial charge on any atom is 0.119 e. The summed E-state index contributed by atoms with van der Waals surface area (Å²) in [6, 6.07) is 8.28. The lowest BCUT2D eigenvalue weighted by molar-refractivity contribution is 0.200. The van der Waals surface area contributed by atoms with Crippen molar-refractivity contribution in [2.24, 2.45) is 0 Å². The zero-order valence-corrected chi connectivity index (χ0v) is 26.3. The minimum atomic E-state index is 0.278. The van der Waals surface area contributed by atoms with Crippen molar-refractivity contribution in [3.63, 3.8) is 0 Å². The van der Waals surface area contributed by atoms with Gasteiger partial charge in [0.2, 0.25) is 0 Å². The Hall–Kier alpha value is -1.18. The van der Waals surface area contributed by atoms with Crippen LogP contribution >= 0.6 is 0 Å². The molecule has 2 heteroatoms. The second-order valence-corrected chi connectivity index (χ2v) is 12.0. The van der Waals surface area contributed by atoms with Crippen molar-refractivity contribution in [3.05, 3.63) is 24.3 Å². The molecule has 0 bridgehead atoms. The average Bonchev–Trinajstić information content (AvgIpc) is 2.91. The summed E-state index contributed by atoms with van der Waals surface area (Å²) >= 11 is 0. The van der Waals surface area contributed by atoms with E-state index in [1.807, 2.05) is 0 Å². The van der Waals surface area contributed by atoms with E-state index in [2.05, 4.69) is 52.0 Å². The monoisotopic (exact) mass is 531 g/mol. The van der Waals surface area contributed by atoms with E-state index in [9.17, 15) is 0 Å². The summed E-state index contributed by atoms with van der Waals surface area (Å²) in [6.45, 7) is 8.99. The Morgan fingerprint density at radius 3 is 0.895 bits per heavy atom. The second kappa shape index (κ2) is 26.1. The maximum atomic E-state index is 6.15.